The first-order valence-corrected chi connectivity index (χ1v) is 6.48. The fourth-order valence-corrected chi connectivity index (χ4v) is 1.66. The second-order valence-electron chi connectivity index (χ2n) is 4.81. The van der Waals surface area contributed by atoms with Crippen molar-refractivity contribution in [2.45, 2.75) is 33.8 Å². The summed E-state index contributed by atoms with van der Waals surface area (Å²) in [6.07, 6.45) is -0.511. The van der Waals surface area contributed by atoms with Crippen LogP contribution in [-0.4, -0.2) is 18.6 Å². The fraction of sp³-hybridized carbons (Fsp3) is 0.500. The molecule has 1 N–H and O–H groups in total. The van der Waals surface area contributed by atoms with Gasteiger partial charge in [0.15, 0.2) is 6.10 Å². The summed E-state index contributed by atoms with van der Waals surface area (Å²) in [7, 11) is 0. The molecule has 0 aliphatic carbocycles. The van der Waals surface area contributed by atoms with E-state index in [1.54, 1.807) is 19.1 Å². The average Bonchev–Trinajstić information content (AvgIpc) is 2.29. The number of amides is 1. The molecule has 1 aromatic rings. The van der Waals surface area contributed by atoms with Crippen molar-refractivity contribution in [1.29, 1.82) is 0 Å². The van der Waals surface area contributed by atoms with Crippen LogP contribution in [0.3, 0.4) is 0 Å². The topological polar surface area (TPSA) is 38.3 Å². The maximum atomic E-state index is 11.8. The fourth-order valence-electron chi connectivity index (χ4n) is 1.44. The Morgan fingerprint density at radius 2 is 2.06 bits per heavy atom. The van der Waals surface area contributed by atoms with Crippen LogP contribution >= 0.6 is 11.6 Å². The van der Waals surface area contributed by atoms with Crippen molar-refractivity contribution < 1.29 is 9.53 Å². The van der Waals surface area contributed by atoms with E-state index >= 15 is 0 Å². The third-order valence-electron chi connectivity index (χ3n) is 2.49. The van der Waals surface area contributed by atoms with Crippen LogP contribution in [0.4, 0.5) is 0 Å². The Labute approximate surface area is 113 Å². The summed E-state index contributed by atoms with van der Waals surface area (Å²) in [5.74, 6) is 1.02. The molecule has 1 atom stereocenters. The minimum atomic E-state index is -0.511. The number of ether oxygens (including phenoxy) is 1. The third-order valence-corrected chi connectivity index (χ3v) is 2.73. The molecule has 0 aliphatic heterocycles. The van der Waals surface area contributed by atoms with Gasteiger partial charge in [0.05, 0.1) is 0 Å². The van der Waals surface area contributed by atoms with E-state index in [1.807, 2.05) is 13.0 Å². The second kappa shape index (κ2) is 6.64. The number of carbonyl (C=O) groups is 1. The molecule has 0 spiro atoms. The number of halogens is 1. The van der Waals surface area contributed by atoms with Crippen LogP contribution in [0.2, 0.25) is 5.02 Å². The van der Waals surface area contributed by atoms with Crippen molar-refractivity contribution in [3.63, 3.8) is 0 Å². The van der Waals surface area contributed by atoms with Crippen LogP contribution in [0.25, 0.3) is 0 Å². The lowest BCUT2D eigenvalue weighted by atomic mass is 10.2. The Morgan fingerprint density at radius 1 is 1.39 bits per heavy atom. The third kappa shape index (κ3) is 4.57. The molecular formula is C14H20ClNO2. The summed E-state index contributed by atoms with van der Waals surface area (Å²) in [6, 6.07) is 5.35. The summed E-state index contributed by atoms with van der Waals surface area (Å²) in [5.41, 5.74) is 0.922. The van der Waals surface area contributed by atoms with Crippen molar-refractivity contribution in [1.82, 2.24) is 5.32 Å². The van der Waals surface area contributed by atoms with E-state index in [-0.39, 0.29) is 5.91 Å². The summed E-state index contributed by atoms with van der Waals surface area (Å²) < 4.78 is 5.62. The van der Waals surface area contributed by atoms with E-state index in [9.17, 15) is 4.79 Å². The maximum Gasteiger partial charge on any atom is 0.260 e. The molecule has 3 nitrogen and oxygen atoms in total. The standard InChI is InChI=1S/C14H20ClNO2/c1-9(2)8-16-14(17)11(4)18-13-6-5-12(15)7-10(13)3/h5-7,9,11H,8H2,1-4H3,(H,16,17)/t11-/m0/s1. The predicted octanol–water partition coefficient (Wildman–Crippen LogP) is 3.19. The van der Waals surface area contributed by atoms with Gasteiger partial charge in [-0.25, -0.2) is 0 Å². The zero-order chi connectivity index (χ0) is 13.7. The zero-order valence-corrected chi connectivity index (χ0v) is 12.0. The van der Waals surface area contributed by atoms with E-state index < -0.39 is 6.10 Å². The molecule has 0 radical (unpaired) electrons. The molecule has 100 valence electrons. The maximum absolute atomic E-state index is 11.8. The number of aryl methyl sites for hydroxylation is 1. The lowest BCUT2D eigenvalue weighted by Crippen LogP contribution is -2.38. The van der Waals surface area contributed by atoms with Gasteiger partial charge in [0.25, 0.3) is 5.91 Å². The lowest BCUT2D eigenvalue weighted by Gasteiger charge is -2.17. The van der Waals surface area contributed by atoms with Gasteiger partial charge in [0, 0.05) is 11.6 Å². The predicted molar refractivity (Wildman–Crippen MR) is 74.1 cm³/mol. The minimum Gasteiger partial charge on any atom is -0.481 e. The Hall–Kier alpha value is -1.22. The molecule has 18 heavy (non-hydrogen) atoms. The van der Waals surface area contributed by atoms with Crippen LogP contribution < -0.4 is 10.1 Å². The molecule has 0 saturated heterocycles. The van der Waals surface area contributed by atoms with Gasteiger partial charge >= 0.3 is 0 Å². The summed E-state index contributed by atoms with van der Waals surface area (Å²) in [4.78, 5) is 11.8. The zero-order valence-electron chi connectivity index (χ0n) is 11.3. The number of hydrogen-bond donors (Lipinski definition) is 1. The van der Waals surface area contributed by atoms with E-state index in [1.165, 1.54) is 0 Å². The number of nitrogens with one attached hydrogen (secondary N) is 1. The Bertz CT molecular complexity index is 418. The first kappa shape index (κ1) is 14.8. The van der Waals surface area contributed by atoms with Gasteiger partial charge in [-0.2, -0.15) is 0 Å². The molecule has 0 fully saturated rings. The SMILES string of the molecule is Cc1cc(Cl)ccc1O[C@@H](C)C(=O)NCC(C)C. The summed E-state index contributed by atoms with van der Waals surface area (Å²) in [5, 5.41) is 3.51. The molecule has 0 heterocycles. The first-order chi connectivity index (χ1) is 8.40. The minimum absolute atomic E-state index is 0.0990. The van der Waals surface area contributed by atoms with Gasteiger partial charge in [-0.1, -0.05) is 25.4 Å². The van der Waals surface area contributed by atoms with Crippen LogP contribution in [0.1, 0.15) is 26.3 Å². The molecule has 1 rings (SSSR count). The van der Waals surface area contributed by atoms with Crippen LogP contribution in [0.15, 0.2) is 18.2 Å². The highest BCUT2D eigenvalue weighted by molar-refractivity contribution is 6.30. The second-order valence-corrected chi connectivity index (χ2v) is 5.25. The first-order valence-electron chi connectivity index (χ1n) is 6.10. The van der Waals surface area contributed by atoms with Gasteiger partial charge in [-0.3, -0.25) is 4.79 Å². The molecule has 0 aromatic heterocycles. The van der Waals surface area contributed by atoms with Gasteiger partial charge in [-0.15, -0.1) is 0 Å². The molecule has 1 aromatic carbocycles. The number of benzene rings is 1. The molecule has 0 bridgehead atoms. The quantitative estimate of drug-likeness (QED) is 0.892. The van der Waals surface area contributed by atoms with Crippen LogP contribution in [0, 0.1) is 12.8 Å². The number of hydrogen-bond acceptors (Lipinski definition) is 2. The monoisotopic (exact) mass is 269 g/mol. The summed E-state index contributed by atoms with van der Waals surface area (Å²) in [6.45, 7) is 8.40. The van der Waals surface area contributed by atoms with E-state index in [0.717, 1.165) is 5.56 Å². The van der Waals surface area contributed by atoms with Gasteiger partial charge in [0.2, 0.25) is 0 Å². The van der Waals surface area contributed by atoms with Crippen LogP contribution in [-0.2, 0) is 4.79 Å². The van der Waals surface area contributed by atoms with E-state index in [4.69, 9.17) is 16.3 Å². The van der Waals surface area contributed by atoms with E-state index in [0.29, 0.717) is 23.2 Å². The molecular weight excluding hydrogens is 250 g/mol. The Balaban J connectivity index is 2.58. The molecule has 1 amide bonds. The molecule has 0 unspecified atom stereocenters. The van der Waals surface area contributed by atoms with Gasteiger partial charge in [-0.05, 0) is 43.5 Å². The lowest BCUT2D eigenvalue weighted by molar-refractivity contribution is -0.127. The number of rotatable bonds is 5. The highest BCUT2D eigenvalue weighted by atomic mass is 35.5. The van der Waals surface area contributed by atoms with Gasteiger partial charge in [0.1, 0.15) is 5.75 Å². The average molecular weight is 270 g/mol. The van der Waals surface area contributed by atoms with Gasteiger partial charge < -0.3 is 10.1 Å². The largest absolute Gasteiger partial charge is 0.481 e. The Morgan fingerprint density at radius 3 is 2.61 bits per heavy atom. The van der Waals surface area contributed by atoms with Crippen molar-refractivity contribution in [2.24, 2.45) is 5.92 Å². The normalized spacial score (nSPS) is 12.3. The Kier molecular flexibility index (Phi) is 5.48. The van der Waals surface area contributed by atoms with Crippen molar-refractivity contribution >= 4 is 17.5 Å². The number of carbonyl (C=O) groups excluding carboxylic acids is 1. The van der Waals surface area contributed by atoms with Crippen molar-refractivity contribution in [2.75, 3.05) is 6.54 Å². The highest BCUT2D eigenvalue weighted by Gasteiger charge is 2.15. The molecule has 4 heteroatoms. The molecule has 0 saturated carbocycles. The van der Waals surface area contributed by atoms with Crippen molar-refractivity contribution in [3.05, 3.63) is 28.8 Å². The highest BCUT2D eigenvalue weighted by Crippen LogP contribution is 2.22. The van der Waals surface area contributed by atoms with Crippen LogP contribution in [0.5, 0.6) is 5.75 Å². The molecule has 0 aliphatic rings. The van der Waals surface area contributed by atoms with E-state index in [2.05, 4.69) is 19.2 Å². The summed E-state index contributed by atoms with van der Waals surface area (Å²) >= 11 is 5.87. The van der Waals surface area contributed by atoms with Crippen molar-refractivity contribution in [3.8, 4) is 5.75 Å². The smallest absolute Gasteiger partial charge is 0.260 e.